The topological polar surface area (TPSA) is 121 Å². The molecule has 39 heavy (non-hydrogen) atoms. The molecule has 1 aromatic heterocycles. The fraction of sp³-hybridized carbons (Fsp3) is 0.185. The molecule has 0 unspecified atom stereocenters. The number of ether oxygens (including phenoxy) is 1. The van der Waals surface area contributed by atoms with Crippen LogP contribution in [0.1, 0.15) is 29.9 Å². The standard InChI is InChI=1S/C14H13N3O3.C11H11F3N2O.C2H6/c1-15-14(19)13-8-12(6-7-16-13)20-11-4-2-10(3-5-11)17-9-18;1-3-10(17)16-9-5-4-7(15-2)6-8(9)11(12,13)14;1-2/h2-9H,1H3,(H,15,19)(H,17,18);3-6,15H,1H2,2H3,(H,16,17);1-2H3. The second-order valence-electron chi connectivity index (χ2n) is 7.05. The Morgan fingerprint density at radius 3 is 2.13 bits per heavy atom. The van der Waals surface area contributed by atoms with Crippen LogP contribution in [0, 0.1) is 0 Å². The highest BCUT2D eigenvalue weighted by molar-refractivity contribution is 5.99. The van der Waals surface area contributed by atoms with Crippen molar-refractivity contribution in [3.8, 4) is 11.5 Å². The van der Waals surface area contributed by atoms with Gasteiger partial charge in [0.15, 0.2) is 0 Å². The lowest BCUT2D eigenvalue weighted by molar-refractivity contribution is -0.136. The Morgan fingerprint density at radius 2 is 1.59 bits per heavy atom. The van der Waals surface area contributed by atoms with E-state index in [4.69, 9.17) is 4.74 Å². The molecule has 0 atom stereocenters. The van der Waals surface area contributed by atoms with Crippen molar-refractivity contribution in [3.63, 3.8) is 0 Å². The van der Waals surface area contributed by atoms with Crippen LogP contribution in [-0.2, 0) is 15.8 Å². The predicted molar refractivity (Wildman–Crippen MR) is 145 cm³/mol. The zero-order valence-corrected chi connectivity index (χ0v) is 21.8. The van der Waals surface area contributed by atoms with Crippen LogP contribution in [0.25, 0.3) is 0 Å². The Hall–Kier alpha value is -4.87. The summed E-state index contributed by atoms with van der Waals surface area (Å²) in [6.07, 6.45) is -1.51. The number of alkyl halides is 3. The lowest BCUT2D eigenvalue weighted by Gasteiger charge is -2.14. The second kappa shape index (κ2) is 16.1. The van der Waals surface area contributed by atoms with E-state index in [-0.39, 0.29) is 17.3 Å². The number of benzene rings is 2. The molecule has 0 saturated heterocycles. The Kier molecular flexibility index (Phi) is 13.3. The third-order valence-corrected chi connectivity index (χ3v) is 4.56. The number of nitrogens with zero attached hydrogens (tertiary/aromatic N) is 1. The molecule has 0 saturated carbocycles. The zero-order chi connectivity index (χ0) is 29.4. The van der Waals surface area contributed by atoms with Crippen molar-refractivity contribution in [2.24, 2.45) is 0 Å². The molecule has 1 heterocycles. The van der Waals surface area contributed by atoms with Crippen molar-refractivity contribution in [1.82, 2.24) is 10.3 Å². The number of carbonyl (C=O) groups excluding carboxylic acids is 3. The maximum absolute atomic E-state index is 12.7. The van der Waals surface area contributed by atoms with Crippen molar-refractivity contribution in [2.75, 3.05) is 30.0 Å². The van der Waals surface area contributed by atoms with Gasteiger partial charge in [0.2, 0.25) is 12.3 Å². The summed E-state index contributed by atoms with van der Waals surface area (Å²) in [6.45, 7) is 7.18. The molecule has 0 fully saturated rings. The summed E-state index contributed by atoms with van der Waals surface area (Å²) in [4.78, 5) is 36.7. The monoisotopic (exact) mass is 545 g/mol. The molecular formula is C27H30F3N5O4. The molecule has 208 valence electrons. The van der Waals surface area contributed by atoms with Crippen LogP contribution in [0.2, 0.25) is 0 Å². The van der Waals surface area contributed by atoms with Gasteiger partial charge in [0.05, 0.1) is 11.3 Å². The zero-order valence-electron chi connectivity index (χ0n) is 21.8. The summed E-state index contributed by atoms with van der Waals surface area (Å²) in [5, 5.41) is 9.74. The van der Waals surface area contributed by atoms with E-state index < -0.39 is 17.6 Å². The fourth-order valence-electron chi connectivity index (χ4n) is 2.78. The van der Waals surface area contributed by atoms with Gasteiger partial charge in [0, 0.05) is 37.7 Å². The smallest absolute Gasteiger partial charge is 0.418 e. The number of aromatic nitrogens is 1. The third kappa shape index (κ3) is 10.6. The Morgan fingerprint density at radius 1 is 0.949 bits per heavy atom. The van der Waals surface area contributed by atoms with Gasteiger partial charge in [-0.05, 0) is 54.6 Å². The number of nitrogens with one attached hydrogen (secondary N) is 4. The van der Waals surface area contributed by atoms with Crippen LogP contribution in [-0.4, -0.2) is 37.3 Å². The molecule has 12 heteroatoms. The van der Waals surface area contributed by atoms with Gasteiger partial charge in [-0.25, -0.2) is 0 Å². The summed E-state index contributed by atoms with van der Waals surface area (Å²) in [5.74, 6) is 0.138. The number of halogens is 3. The molecule has 0 bridgehead atoms. The largest absolute Gasteiger partial charge is 0.457 e. The molecule has 0 aliphatic rings. The van der Waals surface area contributed by atoms with E-state index >= 15 is 0 Å². The van der Waals surface area contributed by atoms with Gasteiger partial charge in [-0.1, -0.05) is 20.4 Å². The fourth-order valence-corrected chi connectivity index (χ4v) is 2.78. The van der Waals surface area contributed by atoms with Crippen LogP contribution in [0.3, 0.4) is 0 Å². The molecular weight excluding hydrogens is 515 g/mol. The lowest BCUT2D eigenvalue weighted by atomic mass is 10.1. The van der Waals surface area contributed by atoms with Crippen LogP contribution in [0.15, 0.2) is 73.4 Å². The van der Waals surface area contributed by atoms with Crippen LogP contribution >= 0.6 is 0 Å². The summed E-state index contributed by atoms with van der Waals surface area (Å²) < 4.78 is 43.8. The van der Waals surface area contributed by atoms with Crippen LogP contribution in [0.4, 0.5) is 30.2 Å². The quantitative estimate of drug-likeness (QED) is 0.213. The average Bonchev–Trinajstić information content (AvgIpc) is 2.95. The normalized spacial score (nSPS) is 9.82. The summed E-state index contributed by atoms with van der Waals surface area (Å²) in [6, 6.07) is 13.6. The van der Waals surface area contributed by atoms with Gasteiger partial charge in [-0.2, -0.15) is 13.2 Å². The van der Waals surface area contributed by atoms with Gasteiger partial charge in [-0.3, -0.25) is 19.4 Å². The molecule has 3 rings (SSSR count). The maximum Gasteiger partial charge on any atom is 0.418 e. The van der Waals surface area contributed by atoms with E-state index in [9.17, 15) is 27.6 Å². The van der Waals surface area contributed by atoms with Gasteiger partial charge >= 0.3 is 6.18 Å². The van der Waals surface area contributed by atoms with E-state index in [1.54, 1.807) is 36.4 Å². The second-order valence-corrected chi connectivity index (χ2v) is 7.05. The predicted octanol–water partition coefficient (Wildman–Crippen LogP) is 5.70. The van der Waals surface area contributed by atoms with E-state index in [0.29, 0.717) is 29.3 Å². The lowest BCUT2D eigenvalue weighted by Crippen LogP contribution is -2.18. The molecule has 2 aromatic carbocycles. The van der Waals surface area contributed by atoms with E-state index in [1.807, 2.05) is 13.8 Å². The van der Waals surface area contributed by atoms with Gasteiger partial charge in [0.1, 0.15) is 17.2 Å². The number of pyridine rings is 1. The first-order valence-corrected chi connectivity index (χ1v) is 11.6. The van der Waals surface area contributed by atoms with E-state index in [1.165, 1.54) is 32.4 Å². The van der Waals surface area contributed by atoms with Crippen molar-refractivity contribution < 1.29 is 32.3 Å². The van der Waals surface area contributed by atoms with Gasteiger partial charge in [-0.15, -0.1) is 0 Å². The summed E-state index contributed by atoms with van der Waals surface area (Å²) in [7, 11) is 3.05. The third-order valence-electron chi connectivity index (χ3n) is 4.56. The number of carbonyl (C=O) groups is 3. The van der Waals surface area contributed by atoms with Crippen molar-refractivity contribution in [3.05, 3.63) is 84.7 Å². The molecule has 3 amide bonds. The molecule has 3 aromatic rings. The first kappa shape index (κ1) is 32.2. The first-order valence-electron chi connectivity index (χ1n) is 11.6. The SMILES string of the molecule is C=CC(=O)Nc1ccc(NC)cc1C(F)(F)F.CC.CNC(=O)c1cc(Oc2ccc(NC=O)cc2)ccn1. The van der Waals surface area contributed by atoms with E-state index in [0.717, 1.165) is 12.1 Å². The van der Waals surface area contributed by atoms with Crippen molar-refractivity contribution in [2.45, 2.75) is 20.0 Å². The highest BCUT2D eigenvalue weighted by Gasteiger charge is 2.34. The van der Waals surface area contributed by atoms with Gasteiger partial charge < -0.3 is 26.0 Å². The Bertz CT molecular complexity index is 1250. The molecule has 4 N–H and O–H groups in total. The van der Waals surface area contributed by atoms with Gasteiger partial charge in [0.25, 0.3) is 5.91 Å². The van der Waals surface area contributed by atoms with Crippen molar-refractivity contribution in [1.29, 1.82) is 0 Å². The number of hydrogen-bond acceptors (Lipinski definition) is 6. The molecule has 0 radical (unpaired) electrons. The molecule has 9 nitrogen and oxygen atoms in total. The van der Waals surface area contributed by atoms with E-state index in [2.05, 4.69) is 32.8 Å². The number of hydrogen-bond donors (Lipinski definition) is 4. The summed E-state index contributed by atoms with van der Waals surface area (Å²) in [5.41, 5.74) is 0.0762. The van der Waals surface area contributed by atoms with Crippen LogP contribution in [0.5, 0.6) is 11.5 Å². The average molecular weight is 546 g/mol. The Labute approximate surface area is 224 Å². The highest BCUT2D eigenvalue weighted by Crippen LogP contribution is 2.36. The number of anilines is 3. The van der Waals surface area contributed by atoms with Crippen LogP contribution < -0.4 is 26.0 Å². The first-order chi connectivity index (χ1) is 18.6. The molecule has 0 aliphatic carbocycles. The van der Waals surface area contributed by atoms with Crippen molar-refractivity contribution >= 4 is 35.3 Å². The maximum atomic E-state index is 12.7. The number of amides is 3. The molecule has 0 spiro atoms. The number of rotatable bonds is 8. The highest BCUT2D eigenvalue weighted by atomic mass is 19.4. The molecule has 0 aliphatic heterocycles. The Balaban J connectivity index is 0.000000371. The minimum Gasteiger partial charge on any atom is -0.457 e. The minimum absolute atomic E-state index is 0.277. The minimum atomic E-state index is -4.53. The summed E-state index contributed by atoms with van der Waals surface area (Å²) >= 11 is 0.